The van der Waals surface area contributed by atoms with E-state index >= 15 is 0 Å². The molecule has 1 aromatic carbocycles. The van der Waals surface area contributed by atoms with E-state index in [1.807, 2.05) is 0 Å². The minimum atomic E-state index is -0.0250. The third-order valence-corrected chi connectivity index (χ3v) is 4.19. The van der Waals surface area contributed by atoms with Gasteiger partial charge in [-0.05, 0) is 41.4 Å². The van der Waals surface area contributed by atoms with Crippen LogP contribution in [0.1, 0.15) is 69.4 Å². The minimum Gasteiger partial charge on any atom is -0.496 e. The molecule has 0 bridgehead atoms. The number of hydrogen-bond acceptors (Lipinski definition) is 2. The first-order valence-corrected chi connectivity index (χ1v) is 7.78. The van der Waals surface area contributed by atoms with Crippen LogP contribution in [0.15, 0.2) is 12.1 Å². The largest absolute Gasteiger partial charge is 0.496 e. The Kier molecular flexibility index (Phi) is 3.94. The summed E-state index contributed by atoms with van der Waals surface area (Å²) in [6.07, 6.45) is 1.79. The van der Waals surface area contributed by atoms with Crippen molar-refractivity contribution in [2.45, 2.75) is 59.8 Å². The average molecular weight is 288 g/mol. The number of carbonyl (C=O) groups is 1. The van der Waals surface area contributed by atoms with Gasteiger partial charge in [0.25, 0.3) is 0 Å². The molecule has 2 rings (SSSR count). The summed E-state index contributed by atoms with van der Waals surface area (Å²) < 4.78 is 5.56. The second kappa shape index (κ2) is 5.15. The lowest BCUT2D eigenvalue weighted by Gasteiger charge is -2.23. The van der Waals surface area contributed by atoms with E-state index in [-0.39, 0.29) is 16.7 Å². The van der Waals surface area contributed by atoms with Crippen LogP contribution in [0.25, 0.3) is 0 Å². The van der Waals surface area contributed by atoms with E-state index in [4.69, 9.17) is 4.74 Å². The summed E-state index contributed by atoms with van der Waals surface area (Å²) >= 11 is 0. The van der Waals surface area contributed by atoms with Crippen molar-refractivity contribution in [1.82, 2.24) is 0 Å². The highest BCUT2D eigenvalue weighted by molar-refractivity contribution is 6.02. The Balaban J connectivity index is 2.42. The highest BCUT2D eigenvalue weighted by atomic mass is 16.5. The number of benzene rings is 1. The second-order valence-corrected chi connectivity index (χ2v) is 8.49. The molecule has 0 saturated heterocycles. The van der Waals surface area contributed by atoms with Gasteiger partial charge in [-0.2, -0.15) is 0 Å². The number of ether oxygens (including phenoxy) is 1. The number of fused-ring (bicyclic) bond motifs is 1. The van der Waals surface area contributed by atoms with Crippen molar-refractivity contribution < 1.29 is 9.53 Å². The third kappa shape index (κ3) is 3.30. The number of ketones is 1. The molecular weight excluding hydrogens is 260 g/mol. The average Bonchev–Trinajstić information content (AvgIpc) is 2.61. The van der Waals surface area contributed by atoms with Crippen molar-refractivity contribution >= 4 is 5.78 Å². The molecule has 1 atom stereocenters. The zero-order valence-corrected chi connectivity index (χ0v) is 14.5. The molecule has 1 aromatic rings. The van der Waals surface area contributed by atoms with Crippen LogP contribution in [0.4, 0.5) is 0 Å². The molecule has 0 radical (unpaired) electrons. The molecule has 2 heteroatoms. The van der Waals surface area contributed by atoms with Gasteiger partial charge in [-0.1, -0.05) is 41.5 Å². The van der Waals surface area contributed by atoms with Gasteiger partial charge in [0.15, 0.2) is 5.78 Å². The van der Waals surface area contributed by atoms with Crippen LogP contribution >= 0.6 is 0 Å². The van der Waals surface area contributed by atoms with Crippen molar-refractivity contribution in [2.75, 3.05) is 7.11 Å². The molecule has 0 aromatic heterocycles. The summed E-state index contributed by atoms with van der Waals surface area (Å²) in [7, 11) is 1.71. The third-order valence-electron chi connectivity index (χ3n) is 4.19. The van der Waals surface area contributed by atoms with Gasteiger partial charge < -0.3 is 4.74 Å². The normalized spacial score (nSPS) is 18.8. The van der Waals surface area contributed by atoms with Gasteiger partial charge in [-0.25, -0.2) is 0 Å². The Bertz CT molecular complexity index is 556. The summed E-state index contributed by atoms with van der Waals surface area (Å²) in [6.45, 7) is 13.1. The molecule has 0 N–H and O–H groups in total. The Morgan fingerprint density at radius 3 is 2.24 bits per heavy atom. The summed E-state index contributed by atoms with van der Waals surface area (Å²) in [5.74, 6) is 1.35. The van der Waals surface area contributed by atoms with Crippen LogP contribution in [-0.2, 0) is 11.8 Å². The van der Waals surface area contributed by atoms with Gasteiger partial charge in [-0.3, -0.25) is 4.79 Å². The molecule has 0 amide bonds. The van der Waals surface area contributed by atoms with Crippen molar-refractivity contribution in [3.63, 3.8) is 0 Å². The maximum absolute atomic E-state index is 12.7. The molecular formula is C19H28O2. The van der Waals surface area contributed by atoms with E-state index < -0.39 is 0 Å². The van der Waals surface area contributed by atoms with Crippen molar-refractivity contribution in [2.24, 2.45) is 11.3 Å². The number of Topliss-reactive ketones (excluding diaryl/α,β-unsaturated/α-hetero) is 1. The molecule has 0 spiro atoms. The van der Waals surface area contributed by atoms with Crippen LogP contribution in [0.5, 0.6) is 5.75 Å². The number of hydrogen-bond donors (Lipinski definition) is 0. The maximum Gasteiger partial charge on any atom is 0.166 e. The summed E-state index contributed by atoms with van der Waals surface area (Å²) in [6, 6.07) is 4.15. The van der Waals surface area contributed by atoms with E-state index in [2.05, 4.69) is 53.7 Å². The fourth-order valence-electron chi connectivity index (χ4n) is 3.26. The maximum atomic E-state index is 12.7. The molecule has 0 aliphatic heterocycles. The monoisotopic (exact) mass is 288 g/mol. The van der Waals surface area contributed by atoms with E-state index in [1.54, 1.807) is 7.11 Å². The van der Waals surface area contributed by atoms with Crippen LogP contribution < -0.4 is 4.74 Å². The Morgan fingerprint density at radius 2 is 1.76 bits per heavy atom. The van der Waals surface area contributed by atoms with Gasteiger partial charge in [0.05, 0.1) is 7.11 Å². The molecule has 0 heterocycles. The minimum absolute atomic E-state index is 0.0250. The first-order valence-electron chi connectivity index (χ1n) is 7.78. The van der Waals surface area contributed by atoms with Crippen molar-refractivity contribution in [3.05, 3.63) is 28.8 Å². The Morgan fingerprint density at radius 1 is 1.14 bits per heavy atom. The Hall–Kier alpha value is -1.31. The fraction of sp³-hybridized carbons (Fsp3) is 0.632. The summed E-state index contributed by atoms with van der Waals surface area (Å²) in [5.41, 5.74) is 3.34. The molecule has 2 nitrogen and oxygen atoms in total. The van der Waals surface area contributed by atoms with E-state index in [9.17, 15) is 4.79 Å². The van der Waals surface area contributed by atoms with E-state index in [1.165, 1.54) is 0 Å². The lowest BCUT2D eigenvalue weighted by Crippen LogP contribution is -2.18. The standard InChI is InChI=1S/C19H28O2/c1-18(2,3)11-13-8-12-9-16(21-7)15(19(4,5)6)10-14(12)17(13)20/h9-10,13H,8,11H2,1-7H3. The molecule has 1 aliphatic carbocycles. The van der Waals surface area contributed by atoms with Crippen LogP contribution in [0, 0.1) is 11.3 Å². The smallest absolute Gasteiger partial charge is 0.166 e. The molecule has 0 fully saturated rings. The number of rotatable bonds is 2. The lowest BCUT2D eigenvalue weighted by molar-refractivity contribution is 0.0903. The van der Waals surface area contributed by atoms with Gasteiger partial charge in [0.2, 0.25) is 0 Å². The molecule has 1 aliphatic rings. The molecule has 0 saturated carbocycles. The quantitative estimate of drug-likeness (QED) is 0.782. The topological polar surface area (TPSA) is 26.3 Å². The zero-order valence-electron chi connectivity index (χ0n) is 14.5. The van der Waals surface area contributed by atoms with Crippen LogP contribution in [-0.4, -0.2) is 12.9 Å². The van der Waals surface area contributed by atoms with Crippen LogP contribution in [0.2, 0.25) is 0 Å². The summed E-state index contributed by atoms with van der Waals surface area (Å²) in [5, 5.41) is 0. The fourth-order valence-corrected chi connectivity index (χ4v) is 3.26. The lowest BCUT2D eigenvalue weighted by atomic mass is 9.83. The molecule has 1 unspecified atom stereocenters. The predicted octanol–water partition coefficient (Wildman–Crippen LogP) is 4.78. The van der Waals surface area contributed by atoms with Crippen LogP contribution in [0.3, 0.4) is 0 Å². The Labute approximate surface area is 128 Å². The SMILES string of the molecule is COc1cc2c(cc1C(C)(C)C)C(=O)C(CC(C)(C)C)C2. The second-order valence-electron chi connectivity index (χ2n) is 8.49. The number of methoxy groups -OCH3 is 1. The first-order chi connectivity index (χ1) is 9.53. The highest BCUT2D eigenvalue weighted by Crippen LogP contribution is 2.40. The molecule has 21 heavy (non-hydrogen) atoms. The van der Waals surface area contributed by atoms with Crippen molar-refractivity contribution in [3.8, 4) is 5.75 Å². The summed E-state index contributed by atoms with van der Waals surface area (Å²) in [4.78, 5) is 12.7. The number of carbonyl (C=O) groups excluding carboxylic acids is 1. The van der Waals surface area contributed by atoms with E-state index in [0.717, 1.165) is 35.3 Å². The van der Waals surface area contributed by atoms with Gasteiger partial charge in [-0.15, -0.1) is 0 Å². The van der Waals surface area contributed by atoms with Gasteiger partial charge in [0.1, 0.15) is 5.75 Å². The van der Waals surface area contributed by atoms with Gasteiger partial charge >= 0.3 is 0 Å². The highest BCUT2D eigenvalue weighted by Gasteiger charge is 2.35. The predicted molar refractivity (Wildman–Crippen MR) is 87.3 cm³/mol. The molecule has 116 valence electrons. The van der Waals surface area contributed by atoms with Gasteiger partial charge in [0, 0.05) is 17.0 Å². The first kappa shape index (κ1) is 16.1. The zero-order chi connectivity index (χ0) is 16.0. The van der Waals surface area contributed by atoms with E-state index in [0.29, 0.717) is 5.78 Å². The van der Waals surface area contributed by atoms with Crippen molar-refractivity contribution in [1.29, 1.82) is 0 Å².